The van der Waals surface area contributed by atoms with Gasteiger partial charge in [-0.1, -0.05) is 0 Å². The maximum absolute atomic E-state index is 13.1. The van der Waals surface area contributed by atoms with Gasteiger partial charge in [-0.15, -0.1) is 0 Å². The van der Waals surface area contributed by atoms with Gasteiger partial charge in [-0.25, -0.2) is 4.79 Å². The lowest BCUT2D eigenvalue weighted by atomic mass is 10.1. The van der Waals surface area contributed by atoms with Crippen LogP contribution in [0.2, 0.25) is 0 Å². The quantitative estimate of drug-likeness (QED) is 0.486. The number of carbonyl (C=O) groups excluding carboxylic acids is 1. The Labute approximate surface area is 192 Å². The van der Waals surface area contributed by atoms with E-state index in [1.54, 1.807) is 36.1 Å². The van der Waals surface area contributed by atoms with Gasteiger partial charge in [0.1, 0.15) is 6.07 Å². The number of aromatic nitrogens is 3. The van der Waals surface area contributed by atoms with Crippen LogP contribution < -0.4 is 16.1 Å². The molecular formula is C23H20N6O5. The topological polar surface area (TPSA) is 141 Å². The fourth-order valence-corrected chi connectivity index (χ4v) is 4.07. The highest BCUT2D eigenvalue weighted by Crippen LogP contribution is 2.29. The number of nitrogens with zero attached hydrogens (tertiary/aromatic N) is 5. The average molecular weight is 460 g/mol. The van der Waals surface area contributed by atoms with Crippen LogP contribution in [0.3, 0.4) is 0 Å². The van der Waals surface area contributed by atoms with E-state index in [-0.39, 0.29) is 29.6 Å². The molecule has 0 atom stereocenters. The molecule has 4 heterocycles. The first kappa shape index (κ1) is 21.3. The van der Waals surface area contributed by atoms with E-state index in [4.69, 9.17) is 8.83 Å². The van der Waals surface area contributed by atoms with Crippen LogP contribution in [-0.2, 0) is 6.54 Å². The molecule has 11 heteroatoms. The van der Waals surface area contributed by atoms with Gasteiger partial charge >= 0.3 is 5.69 Å². The number of anilines is 1. The fraction of sp³-hybridized carbons (Fsp3) is 0.261. The van der Waals surface area contributed by atoms with Crippen LogP contribution in [0.5, 0.6) is 0 Å². The van der Waals surface area contributed by atoms with Crippen molar-refractivity contribution in [2.75, 3.05) is 31.1 Å². The van der Waals surface area contributed by atoms with Crippen LogP contribution in [0.25, 0.3) is 22.6 Å². The number of nitriles is 1. The summed E-state index contributed by atoms with van der Waals surface area (Å²) in [4.78, 5) is 48.1. The van der Waals surface area contributed by atoms with Crippen molar-refractivity contribution in [3.8, 4) is 17.7 Å². The zero-order chi connectivity index (χ0) is 23.8. The number of furan rings is 1. The zero-order valence-electron chi connectivity index (χ0n) is 18.3. The zero-order valence-corrected chi connectivity index (χ0v) is 18.3. The number of rotatable bonds is 4. The first-order chi connectivity index (χ1) is 16.5. The highest BCUT2D eigenvalue weighted by molar-refractivity contribution is 5.97. The third-order valence-corrected chi connectivity index (χ3v) is 5.85. The average Bonchev–Trinajstić information content (AvgIpc) is 3.53. The number of hydrogen-bond acceptors (Lipinski definition) is 8. The number of piperazine rings is 1. The molecule has 3 aromatic heterocycles. The first-order valence-electron chi connectivity index (χ1n) is 10.8. The monoisotopic (exact) mass is 460 g/mol. The standard InChI is InChI=1S/C23H20N6O5/c1-2-29-21(31)15-6-5-14(12-16(15)26-23(29)32)20(30)27-7-9-28(10-8-27)22-17(13-24)25-19(34-22)18-4-3-11-33-18/h3-6,11-12H,2,7-10H2,1H3,(H,26,32). The van der Waals surface area contributed by atoms with Crippen LogP contribution in [0.15, 0.2) is 55.0 Å². The van der Waals surface area contributed by atoms with E-state index in [1.165, 1.54) is 12.3 Å². The van der Waals surface area contributed by atoms with Crippen molar-refractivity contribution >= 4 is 22.7 Å². The predicted molar refractivity (Wildman–Crippen MR) is 122 cm³/mol. The molecule has 1 aliphatic heterocycles. The maximum atomic E-state index is 13.1. The minimum absolute atomic E-state index is 0.155. The molecule has 0 saturated carbocycles. The summed E-state index contributed by atoms with van der Waals surface area (Å²) < 4.78 is 12.2. The number of nitrogens with one attached hydrogen (secondary N) is 1. The number of oxazole rings is 1. The van der Waals surface area contributed by atoms with Crippen LogP contribution in [0.4, 0.5) is 5.88 Å². The van der Waals surface area contributed by atoms with Gasteiger partial charge in [0.05, 0.1) is 17.2 Å². The summed E-state index contributed by atoms with van der Waals surface area (Å²) in [5, 5.41) is 9.82. The molecule has 0 spiro atoms. The van der Waals surface area contributed by atoms with Crippen LogP contribution in [0.1, 0.15) is 23.0 Å². The van der Waals surface area contributed by atoms with E-state index in [1.807, 2.05) is 11.0 Å². The lowest BCUT2D eigenvalue weighted by Crippen LogP contribution is -2.49. The van der Waals surface area contributed by atoms with Crippen molar-refractivity contribution in [3.63, 3.8) is 0 Å². The van der Waals surface area contributed by atoms with E-state index in [0.717, 1.165) is 4.57 Å². The minimum atomic E-state index is -0.507. The highest BCUT2D eigenvalue weighted by Gasteiger charge is 2.27. The van der Waals surface area contributed by atoms with Gasteiger partial charge in [-0.05, 0) is 37.3 Å². The lowest BCUT2D eigenvalue weighted by molar-refractivity contribution is 0.0745. The summed E-state index contributed by atoms with van der Waals surface area (Å²) in [5.74, 6) is 0.784. The molecule has 0 radical (unpaired) electrons. The van der Waals surface area contributed by atoms with Crippen LogP contribution in [-0.4, -0.2) is 51.5 Å². The van der Waals surface area contributed by atoms with Crippen molar-refractivity contribution in [2.45, 2.75) is 13.5 Å². The van der Waals surface area contributed by atoms with Crippen molar-refractivity contribution in [1.29, 1.82) is 5.26 Å². The number of amides is 1. The van der Waals surface area contributed by atoms with Crippen LogP contribution >= 0.6 is 0 Å². The number of H-pyrrole nitrogens is 1. The largest absolute Gasteiger partial charge is 0.459 e. The molecule has 0 aliphatic carbocycles. The number of benzene rings is 1. The molecule has 5 rings (SSSR count). The summed E-state index contributed by atoms with van der Waals surface area (Å²) in [6.45, 7) is 3.66. The van der Waals surface area contributed by atoms with Crippen LogP contribution in [0, 0.1) is 11.3 Å². The van der Waals surface area contributed by atoms with E-state index >= 15 is 0 Å². The number of fused-ring (bicyclic) bond motifs is 1. The van der Waals surface area contributed by atoms with Crippen molar-refractivity contribution < 1.29 is 13.6 Å². The number of carbonyl (C=O) groups is 1. The summed E-state index contributed by atoms with van der Waals surface area (Å²) in [6, 6.07) is 10.1. The van der Waals surface area contributed by atoms with Gasteiger partial charge in [0, 0.05) is 38.3 Å². The molecule has 1 saturated heterocycles. The molecule has 0 bridgehead atoms. The molecule has 0 unspecified atom stereocenters. The molecule has 1 aliphatic rings. The summed E-state index contributed by atoms with van der Waals surface area (Å²) in [7, 11) is 0. The third kappa shape index (κ3) is 3.55. The second-order valence-corrected chi connectivity index (χ2v) is 7.78. The molecule has 172 valence electrons. The normalized spacial score (nSPS) is 13.9. The molecule has 1 amide bonds. The number of hydrogen-bond donors (Lipinski definition) is 1. The number of aromatic amines is 1. The van der Waals surface area contributed by atoms with E-state index in [0.29, 0.717) is 54.3 Å². The lowest BCUT2D eigenvalue weighted by Gasteiger charge is -2.34. The van der Waals surface area contributed by atoms with E-state index in [9.17, 15) is 19.6 Å². The molecule has 4 aromatic rings. The first-order valence-corrected chi connectivity index (χ1v) is 10.8. The van der Waals surface area contributed by atoms with Gasteiger partial charge in [-0.2, -0.15) is 10.2 Å². The molecule has 11 nitrogen and oxygen atoms in total. The van der Waals surface area contributed by atoms with Crippen molar-refractivity contribution in [2.24, 2.45) is 0 Å². The van der Waals surface area contributed by atoms with Gasteiger partial charge in [-0.3, -0.25) is 14.2 Å². The minimum Gasteiger partial charge on any atom is -0.459 e. The van der Waals surface area contributed by atoms with Gasteiger partial charge < -0.3 is 23.6 Å². The molecule has 1 N–H and O–H groups in total. The van der Waals surface area contributed by atoms with Crippen molar-refractivity contribution in [1.82, 2.24) is 19.4 Å². The third-order valence-electron chi connectivity index (χ3n) is 5.85. The Bertz CT molecular complexity index is 1530. The summed E-state index contributed by atoms with van der Waals surface area (Å²) in [6.07, 6.45) is 1.50. The smallest absolute Gasteiger partial charge is 0.328 e. The Kier molecular flexibility index (Phi) is 5.25. The Balaban J connectivity index is 1.34. The molecule has 34 heavy (non-hydrogen) atoms. The second kappa shape index (κ2) is 8.40. The Morgan fingerprint density at radius 3 is 2.68 bits per heavy atom. The van der Waals surface area contributed by atoms with E-state index < -0.39 is 5.69 Å². The Hall–Kier alpha value is -4.59. The van der Waals surface area contributed by atoms with Gasteiger partial charge in [0.2, 0.25) is 11.6 Å². The SMILES string of the molecule is CCn1c(=O)[nH]c2cc(C(=O)N3CCN(c4oc(-c5ccco5)nc4C#N)CC3)ccc2c1=O. The predicted octanol–water partition coefficient (Wildman–Crippen LogP) is 1.79. The van der Waals surface area contributed by atoms with E-state index in [2.05, 4.69) is 9.97 Å². The summed E-state index contributed by atoms with van der Waals surface area (Å²) >= 11 is 0. The Morgan fingerprint density at radius 1 is 1.21 bits per heavy atom. The summed E-state index contributed by atoms with van der Waals surface area (Å²) in [5.41, 5.74) is -0.0317. The van der Waals surface area contributed by atoms with Gasteiger partial charge in [0.15, 0.2) is 5.76 Å². The maximum Gasteiger partial charge on any atom is 0.328 e. The van der Waals surface area contributed by atoms with Gasteiger partial charge in [0.25, 0.3) is 17.4 Å². The molecule has 1 aromatic carbocycles. The van der Waals surface area contributed by atoms with Crippen molar-refractivity contribution in [3.05, 3.63) is 68.7 Å². The Morgan fingerprint density at radius 2 is 2.00 bits per heavy atom. The second-order valence-electron chi connectivity index (χ2n) is 7.78. The fourth-order valence-electron chi connectivity index (χ4n) is 4.07. The highest BCUT2D eigenvalue weighted by atomic mass is 16.4. The molecular weight excluding hydrogens is 440 g/mol. The molecule has 1 fully saturated rings.